The number of aliphatic carboxylic acids is 1. The summed E-state index contributed by atoms with van der Waals surface area (Å²) in [6.07, 6.45) is 0.906. The van der Waals surface area contributed by atoms with Crippen molar-refractivity contribution in [3.63, 3.8) is 0 Å². The third kappa shape index (κ3) is 20.1. The van der Waals surface area contributed by atoms with Gasteiger partial charge in [0.2, 0.25) is 11.8 Å². The number of ether oxygens (including phenoxy) is 3. The lowest BCUT2D eigenvalue weighted by atomic mass is 9.89. The zero-order chi connectivity index (χ0) is 39.4. The molecule has 1 N–H and O–H groups in total. The van der Waals surface area contributed by atoms with Gasteiger partial charge in [0.1, 0.15) is 5.60 Å². The van der Waals surface area contributed by atoms with E-state index in [-0.39, 0.29) is 83.6 Å². The molecular formula is C37H72Cl2N2O8. The molecule has 0 aliphatic carbocycles. The lowest BCUT2D eigenvalue weighted by Crippen LogP contribution is -2.51. The second-order valence-electron chi connectivity index (χ2n) is 14.8. The Bertz CT molecular complexity index is 944. The van der Waals surface area contributed by atoms with Crippen molar-refractivity contribution < 1.29 is 38.5 Å². The summed E-state index contributed by atoms with van der Waals surface area (Å²) >= 11 is 9.53. The monoisotopic (exact) mass is 742 g/mol. The van der Waals surface area contributed by atoms with E-state index < -0.39 is 23.8 Å². The fraction of sp³-hybridized carbons (Fsp3) is 0.892. The van der Waals surface area contributed by atoms with Gasteiger partial charge in [-0.05, 0) is 44.4 Å². The predicted octanol–water partition coefficient (Wildman–Crippen LogP) is 7.96. The molecule has 0 saturated heterocycles. The molecule has 8 atom stereocenters. The molecule has 0 saturated carbocycles. The smallest absolute Gasteiger partial charge is 0.309 e. The minimum atomic E-state index is -0.909. The normalized spacial score (nSPS) is 16.3. The van der Waals surface area contributed by atoms with Crippen LogP contribution in [0.5, 0.6) is 0 Å². The Labute approximate surface area is 309 Å². The number of carbonyl (C=O) groups is 4. The van der Waals surface area contributed by atoms with E-state index in [0.717, 1.165) is 12.8 Å². The molecule has 0 radical (unpaired) electrons. The van der Waals surface area contributed by atoms with E-state index in [4.69, 9.17) is 42.5 Å². The van der Waals surface area contributed by atoms with Crippen LogP contribution in [0.4, 0.5) is 0 Å². The number of nitrogens with zero attached hydrogens (tertiary/aromatic N) is 2. The van der Waals surface area contributed by atoms with Gasteiger partial charge < -0.3 is 29.1 Å². The number of amides is 2. The van der Waals surface area contributed by atoms with Gasteiger partial charge >= 0.3 is 11.9 Å². The summed E-state index contributed by atoms with van der Waals surface area (Å²) in [5, 5.41) is 9.25. The largest absolute Gasteiger partial charge is 0.481 e. The molecule has 0 aliphatic heterocycles. The Hall–Kier alpha value is -1.62. The fourth-order valence-corrected chi connectivity index (χ4v) is 5.39. The average Bonchev–Trinajstić information content (AvgIpc) is 3.01. The minimum absolute atomic E-state index is 0.0442. The van der Waals surface area contributed by atoms with Crippen LogP contribution in [0.2, 0.25) is 0 Å². The summed E-state index contributed by atoms with van der Waals surface area (Å²) in [5.74, 6) is -0.354. The maximum atomic E-state index is 12.8. The zero-order valence-electron chi connectivity index (χ0n) is 33.8. The van der Waals surface area contributed by atoms with Gasteiger partial charge in [-0.25, -0.2) is 0 Å². The molecule has 0 heterocycles. The fourth-order valence-electron chi connectivity index (χ4n) is 5.39. The van der Waals surface area contributed by atoms with Crippen molar-refractivity contribution in [3.8, 4) is 0 Å². The van der Waals surface area contributed by atoms with Crippen molar-refractivity contribution in [2.75, 3.05) is 33.7 Å². The summed E-state index contributed by atoms with van der Waals surface area (Å²) in [5.41, 5.74) is -0.533. The van der Waals surface area contributed by atoms with Crippen LogP contribution in [0.15, 0.2) is 0 Å². The van der Waals surface area contributed by atoms with Crippen LogP contribution in [0.25, 0.3) is 0 Å². The maximum Gasteiger partial charge on any atom is 0.309 e. The maximum absolute atomic E-state index is 12.8. The number of hydrogen-bond donors (Lipinski definition) is 1. The van der Waals surface area contributed by atoms with Crippen molar-refractivity contribution in [1.29, 1.82) is 0 Å². The van der Waals surface area contributed by atoms with Crippen molar-refractivity contribution >= 4 is 47.0 Å². The van der Waals surface area contributed by atoms with Crippen LogP contribution >= 0.6 is 23.2 Å². The predicted molar refractivity (Wildman–Crippen MR) is 201 cm³/mol. The highest BCUT2D eigenvalue weighted by molar-refractivity contribution is 6.40. The summed E-state index contributed by atoms with van der Waals surface area (Å²) < 4.78 is 16.5. The highest BCUT2D eigenvalue weighted by Crippen LogP contribution is 2.26. The number of carboxylic acid groups (broad SMARTS) is 1. The first kappa shape index (κ1) is 51.7. The van der Waals surface area contributed by atoms with E-state index in [2.05, 4.69) is 13.8 Å². The Morgan fingerprint density at radius 3 is 1.20 bits per heavy atom. The molecule has 0 aromatic carbocycles. The van der Waals surface area contributed by atoms with Crippen molar-refractivity contribution in [1.82, 2.24) is 9.80 Å². The first-order valence-electron chi connectivity index (χ1n) is 17.6. The molecule has 2 amide bonds. The van der Waals surface area contributed by atoms with Gasteiger partial charge in [-0.2, -0.15) is 0 Å². The molecule has 0 rings (SSSR count). The number of esters is 1. The van der Waals surface area contributed by atoms with Gasteiger partial charge in [0, 0.05) is 40.2 Å². The second kappa shape index (κ2) is 26.2. The number of hydrogen-bond acceptors (Lipinski definition) is 7. The number of rotatable bonds is 18. The number of likely N-dealkylation sites (N-methyl/N-ethyl adjacent to an activating group) is 2. The van der Waals surface area contributed by atoms with Gasteiger partial charge in [-0.15, -0.1) is 23.2 Å². The second-order valence-corrected chi connectivity index (χ2v) is 15.6. The van der Waals surface area contributed by atoms with Gasteiger partial charge in [0.05, 0.1) is 42.5 Å². The topological polar surface area (TPSA) is 123 Å². The minimum Gasteiger partial charge on any atom is -0.481 e. The van der Waals surface area contributed by atoms with Crippen LogP contribution in [0.1, 0.15) is 116 Å². The first-order valence-corrected chi connectivity index (χ1v) is 18.6. The standard InChI is InChI=1S/C20H39NO4.C16H31NO4.CH2Cl2/c1-11-14(4)18(21(9)19(23)15(5)13(2)3)16(24-10)12-17(22)25-20(6,7)8;1-8-11(4)15(13(21-7)9-14(18)19)17(6)16(20)12(5)10(2)3;2-1-3/h13-16,18H,11-12H2,1-10H3;10-13,15H,8-9H2,1-7H3,(H,18,19);1H2/t14-,15-,16+,18-;11-,12-,13+,15-;/m00./s1. The average molecular weight is 744 g/mol. The molecule has 292 valence electrons. The van der Waals surface area contributed by atoms with E-state index in [1.807, 2.05) is 83.2 Å². The van der Waals surface area contributed by atoms with Crippen LogP contribution in [-0.2, 0) is 33.4 Å². The van der Waals surface area contributed by atoms with Crippen molar-refractivity contribution in [3.05, 3.63) is 0 Å². The van der Waals surface area contributed by atoms with Crippen LogP contribution in [0, 0.1) is 35.5 Å². The number of methoxy groups -OCH3 is 2. The highest BCUT2D eigenvalue weighted by Gasteiger charge is 2.37. The lowest BCUT2D eigenvalue weighted by Gasteiger charge is -2.39. The first-order chi connectivity index (χ1) is 22.4. The molecule has 49 heavy (non-hydrogen) atoms. The Morgan fingerprint density at radius 1 is 0.673 bits per heavy atom. The molecule has 12 heteroatoms. The highest BCUT2D eigenvalue weighted by atomic mass is 35.5. The SMILES string of the molecule is CC[C@H](C)[C@@H]([C@@H](CC(=O)O)OC)N(C)C(=O)[C@@H](C)C(C)C.CC[C@H](C)[C@@H]([C@@H](CC(=O)OC(C)(C)C)OC)N(C)C(=O)[C@@H](C)C(C)C.ClCCl. The number of carboxylic acids is 1. The Balaban J connectivity index is -0.000000809. The van der Waals surface area contributed by atoms with E-state index in [0.29, 0.717) is 0 Å². The molecule has 0 aromatic rings. The molecule has 0 aromatic heterocycles. The zero-order valence-corrected chi connectivity index (χ0v) is 35.3. The molecule has 10 nitrogen and oxygen atoms in total. The van der Waals surface area contributed by atoms with E-state index in [1.165, 1.54) is 7.11 Å². The quantitative estimate of drug-likeness (QED) is 0.111. The molecule has 0 unspecified atom stereocenters. The summed E-state index contributed by atoms with van der Waals surface area (Å²) in [4.78, 5) is 52.2. The van der Waals surface area contributed by atoms with Gasteiger partial charge in [0.25, 0.3) is 0 Å². The third-order valence-corrected chi connectivity index (χ3v) is 9.35. The van der Waals surface area contributed by atoms with Crippen LogP contribution in [-0.4, -0.2) is 102 Å². The molecule has 0 bridgehead atoms. The van der Waals surface area contributed by atoms with E-state index in [9.17, 15) is 19.2 Å². The van der Waals surface area contributed by atoms with E-state index >= 15 is 0 Å². The summed E-state index contributed by atoms with van der Waals surface area (Å²) in [6, 6.07) is -0.402. The van der Waals surface area contributed by atoms with Crippen molar-refractivity contribution in [2.45, 2.75) is 146 Å². The molecule has 0 fully saturated rings. The summed E-state index contributed by atoms with van der Waals surface area (Å²) in [6.45, 7) is 25.8. The van der Waals surface area contributed by atoms with Crippen molar-refractivity contribution in [2.24, 2.45) is 35.5 Å². The number of carbonyl (C=O) groups excluding carboxylic acids is 3. The van der Waals surface area contributed by atoms with Crippen LogP contribution < -0.4 is 0 Å². The Kier molecular flexibility index (Phi) is 27.7. The number of halogens is 2. The molecule has 0 aliphatic rings. The van der Waals surface area contributed by atoms with Gasteiger partial charge in [-0.1, -0.05) is 82.1 Å². The van der Waals surface area contributed by atoms with Gasteiger partial charge in [-0.3, -0.25) is 19.2 Å². The van der Waals surface area contributed by atoms with Gasteiger partial charge in [0.15, 0.2) is 0 Å². The number of alkyl halides is 2. The van der Waals surface area contributed by atoms with Crippen LogP contribution in [0.3, 0.4) is 0 Å². The Morgan fingerprint density at radius 2 is 0.980 bits per heavy atom. The lowest BCUT2D eigenvalue weighted by molar-refractivity contribution is -0.161. The van der Waals surface area contributed by atoms with E-state index in [1.54, 1.807) is 24.0 Å². The molecular weight excluding hydrogens is 671 g/mol. The summed E-state index contributed by atoms with van der Waals surface area (Å²) in [7, 11) is 6.67. The third-order valence-electron chi connectivity index (χ3n) is 9.35. The molecule has 0 spiro atoms.